The number of carbonyl (C=O) groups is 1. The molecule has 0 fully saturated rings. The molecule has 0 aliphatic rings. The molecule has 1 atom stereocenters. The zero-order valence-corrected chi connectivity index (χ0v) is 10.6. The third-order valence-electron chi connectivity index (χ3n) is 3.15. The van der Waals surface area contributed by atoms with Crippen molar-refractivity contribution in [3.63, 3.8) is 0 Å². The summed E-state index contributed by atoms with van der Waals surface area (Å²) in [7, 11) is 0. The van der Waals surface area contributed by atoms with Crippen LogP contribution < -0.4 is 5.73 Å². The average Bonchev–Trinajstić information content (AvgIpc) is 2.73. The van der Waals surface area contributed by atoms with Crippen molar-refractivity contribution in [1.29, 1.82) is 0 Å². The minimum absolute atomic E-state index is 0.101. The van der Waals surface area contributed by atoms with Crippen LogP contribution >= 0.6 is 0 Å². The number of nitrogens with two attached hydrogens (primary N) is 1. The Morgan fingerprint density at radius 1 is 1.65 bits per heavy atom. The number of hydrogen-bond donors (Lipinski definition) is 2. The number of carboxylic acid groups (broad SMARTS) is 1. The number of carboxylic acids is 1. The Kier molecular flexibility index (Phi) is 4.22. The molecule has 17 heavy (non-hydrogen) atoms. The second kappa shape index (κ2) is 5.27. The Bertz CT molecular complexity index is 383. The molecule has 6 heteroatoms. The number of aromatic nitrogens is 3. The predicted molar refractivity (Wildman–Crippen MR) is 63.5 cm³/mol. The molecule has 0 bridgehead atoms. The van der Waals surface area contributed by atoms with Gasteiger partial charge in [-0.15, -0.1) is 0 Å². The molecule has 96 valence electrons. The van der Waals surface area contributed by atoms with Crippen molar-refractivity contribution in [2.24, 2.45) is 11.1 Å². The summed E-state index contributed by atoms with van der Waals surface area (Å²) in [6, 6.07) is 0.161. The summed E-state index contributed by atoms with van der Waals surface area (Å²) in [5.41, 5.74) is 4.68. The Balaban J connectivity index is 3.02. The van der Waals surface area contributed by atoms with Gasteiger partial charge in [0.15, 0.2) is 0 Å². The molecular formula is C11H20N4O2. The van der Waals surface area contributed by atoms with E-state index in [2.05, 4.69) is 10.1 Å². The summed E-state index contributed by atoms with van der Waals surface area (Å²) in [6.45, 7) is 5.89. The molecule has 1 unspecified atom stereocenters. The highest BCUT2D eigenvalue weighted by Gasteiger charge is 2.37. The first-order chi connectivity index (χ1) is 7.96. The van der Waals surface area contributed by atoms with E-state index in [0.29, 0.717) is 18.7 Å². The molecular weight excluding hydrogens is 220 g/mol. The predicted octanol–water partition coefficient (Wildman–Crippen LogP) is 0.841. The summed E-state index contributed by atoms with van der Waals surface area (Å²) in [4.78, 5) is 15.5. The van der Waals surface area contributed by atoms with Crippen LogP contribution in [0.1, 0.15) is 39.1 Å². The fourth-order valence-electron chi connectivity index (χ4n) is 1.79. The molecule has 0 spiro atoms. The number of aliphatic carboxylic acids is 1. The van der Waals surface area contributed by atoms with Gasteiger partial charge < -0.3 is 10.8 Å². The topological polar surface area (TPSA) is 94.0 Å². The van der Waals surface area contributed by atoms with Crippen LogP contribution in [0.15, 0.2) is 6.33 Å². The normalized spacial score (nSPS) is 14.9. The number of nitrogens with zero attached hydrogens (tertiary/aromatic N) is 3. The summed E-state index contributed by atoms with van der Waals surface area (Å²) in [5.74, 6) is -0.199. The van der Waals surface area contributed by atoms with Crippen LogP contribution in [0.25, 0.3) is 0 Å². The minimum atomic E-state index is -0.945. The SMILES string of the molecule is CCC(CN)(Cc1ncnn1C(C)C)C(=O)O. The molecule has 1 heterocycles. The van der Waals surface area contributed by atoms with E-state index in [9.17, 15) is 9.90 Å². The molecule has 1 aromatic heterocycles. The Morgan fingerprint density at radius 3 is 2.71 bits per heavy atom. The van der Waals surface area contributed by atoms with Crippen LogP contribution in [-0.2, 0) is 11.2 Å². The fourth-order valence-corrected chi connectivity index (χ4v) is 1.79. The van der Waals surface area contributed by atoms with Crippen molar-refractivity contribution >= 4 is 5.97 Å². The Labute approximate surface area is 101 Å². The van der Waals surface area contributed by atoms with Gasteiger partial charge in [0.1, 0.15) is 12.2 Å². The van der Waals surface area contributed by atoms with Crippen molar-refractivity contribution in [3.05, 3.63) is 12.2 Å². The second-order valence-electron chi connectivity index (χ2n) is 4.53. The molecule has 3 N–H and O–H groups in total. The van der Waals surface area contributed by atoms with Gasteiger partial charge in [-0.25, -0.2) is 9.67 Å². The highest BCUT2D eigenvalue weighted by atomic mass is 16.4. The first-order valence-electron chi connectivity index (χ1n) is 5.78. The van der Waals surface area contributed by atoms with Crippen molar-refractivity contribution in [2.75, 3.05) is 6.54 Å². The zero-order valence-electron chi connectivity index (χ0n) is 10.6. The lowest BCUT2D eigenvalue weighted by Gasteiger charge is -2.26. The van der Waals surface area contributed by atoms with Gasteiger partial charge in [-0.05, 0) is 20.3 Å². The third kappa shape index (κ3) is 2.63. The van der Waals surface area contributed by atoms with Gasteiger partial charge in [0.25, 0.3) is 0 Å². The largest absolute Gasteiger partial charge is 0.481 e. The third-order valence-corrected chi connectivity index (χ3v) is 3.15. The minimum Gasteiger partial charge on any atom is -0.481 e. The summed E-state index contributed by atoms with van der Waals surface area (Å²) >= 11 is 0. The van der Waals surface area contributed by atoms with E-state index in [1.54, 1.807) is 4.68 Å². The molecule has 1 aromatic rings. The molecule has 0 radical (unpaired) electrons. The Hall–Kier alpha value is -1.43. The maximum Gasteiger partial charge on any atom is 0.311 e. The maximum atomic E-state index is 11.4. The maximum absolute atomic E-state index is 11.4. The second-order valence-corrected chi connectivity index (χ2v) is 4.53. The van der Waals surface area contributed by atoms with E-state index in [0.717, 1.165) is 0 Å². The van der Waals surface area contributed by atoms with E-state index in [1.807, 2.05) is 20.8 Å². The van der Waals surface area contributed by atoms with E-state index >= 15 is 0 Å². The van der Waals surface area contributed by atoms with E-state index in [4.69, 9.17) is 5.73 Å². The van der Waals surface area contributed by atoms with Gasteiger partial charge in [-0.2, -0.15) is 5.10 Å². The summed E-state index contributed by atoms with van der Waals surface area (Å²) in [5, 5.41) is 13.4. The van der Waals surface area contributed by atoms with Crippen molar-refractivity contribution in [2.45, 2.75) is 39.7 Å². The highest BCUT2D eigenvalue weighted by Crippen LogP contribution is 2.26. The first kappa shape index (κ1) is 13.6. The van der Waals surface area contributed by atoms with Crippen LogP contribution in [0.2, 0.25) is 0 Å². The standard InChI is InChI=1S/C11H20N4O2/c1-4-11(6-12,10(16)17)5-9-13-7-14-15(9)8(2)3/h7-8H,4-6,12H2,1-3H3,(H,16,17). The first-order valence-corrected chi connectivity index (χ1v) is 5.78. The lowest BCUT2D eigenvalue weighted by molar-refractivity contribution is -0.148. The van der Waals surface area contributed by atoms with E-state index in [-0.39, 0.29) is 12.6 Å². The van der Waals surface area contributed by atoms with Crippen LogP contribution in [0.4, 0.5) is 0 Å². The molecule has 0 saturated heterocycles. The Morgan fingerprint density at radius 2 is 2.29 bits per heavy atom. The van der Waals surface area contributed by atoms with Crippen molar-refractivity contribution in [3.8, 4) is 0 Å². The average molecular weight is 240 g/mol. The van der Waals surface area contributed by atoms with Crippen LogP contribution in [0.3, 0.4) is 0 Å². The molecule has 1 rings (SSSR count). The fraction of sp³-hybridized carbons (Fsp3) is 0.727. The highest BCUT2D eigenvalue weighted by molar-refractivity contribution is 5.75. The number of hydrogen-bond acceptors (Lipinski definition) is 4. The van der Waals surface area contributed by atoms with Gasteiger partial charge >= 0.3 is 5.97 Å². The smallest absolute Gasteiger partial charge is 0.311 e. The quantitative estimate of drug-likeness (QED) is 0.768. The van der Waals surface area contributed by atoms with Gasteiger partial charge in [-0.1, -0.05) is 6.92 Å². The van der Waals surface area contributed by atoms with E-state index < -0.39 is 11.4 Å². The van der Waals surface area contributed by atoms with Crippen LogP contribution in [-0.4, -0.2) is 32.4 Å². The van der Waals surface area contributed by atoms with Gasteiger partial charge in [0.05, 0.1) is 5.41 Å². The van der Waals surface area contributed by atoms with Gasteiger partial charge in [-0.3, -0.25) is 4.79 Å². The summed E-state index contributed by atoms with van der Waals surface area (Å²) < 4.78 is 1.74. The monoisotopic (exact) mass is 240 g/mol. The number of rotatable bonds is 6. The zero-order chi connectivity index (χ0) is 13.1. The van der Waals surface area contributed by atoms with Crippen molar-refractivity contribution < 1.29 is 9.90 Å². The molecule has 0 aliphatic heterocycles. The lowest BCUT2D eigenvalue weighted by atomic mass is 9.81. The van der Waals surface area contributed by atoms with Crippen LogP contribution in [0, 0.1) is 5.41 Å². The van der Waals surface area contributed by atoms with Gasteiger partial charge in [0, 0.05) is 19.0 Å². The molecule has 0 aliphatic carbocycles. The lowest BCUT2D eigenvalue weighted by Crippen LogP contribution is -2.41. The molecule has 0 saturated carbocycles. The summed E-state index contributed by atoms with van der Waals surface area (Å²) in [6.07, 6.45) is 2.24. The van der Waals surface area contributed by atoms with Crippen molar-refractivity contribution in [1.82, 2.24) is 14.8 Å². The van der Waals surface area contributed by atoms with E-state index in [1.165, 1.54) is 6.33 Å². The molecule has 6 nitrogen and oxygen atoms in total. The molecule has 0 amide bonds. The van der Waals surface area contributed by atoms with Gasteiger partial charge in [0.2, 0.25) is 0 Å². The van der Waals surface area contributed by atoms with Crippen LogP contribution in [0.5, 0.6) is 0 Å². The molecule has 0 aromatic carbocycles.